The van der Waals surface area contributed by atoms with Gasteiger partial charge in [-0.1, -0.05) is 17.3 Å². The van der Waals surface area contributed by atoms with Gasteiger partial charge in [0.25, 0.3) is 5.56 Å². The van der Waals surface area contributed by atoms with Crippen LogP contribution in [0.25, 0.3) is 10.9 Å². The molecule has 0 N–H and O–H groups in total. The summed E-state index contributed by atoms with van der Waals surface area (Å²) < 4.78 is 1.13. The van der Waals surface area contributed by atoms with Crippen molar-refractivity contribution < 1.29 is 4.79 Å². The first kappa shape index (κ1) is 16.1. The minimum Gasteiger partial charge on any atom is -0.292 e. The summed E-state index contributed by atoms with van der Waals surface area (Å²) in [4.78, 5) is 25.2. The smallest absolute Gasteiger partial charge is 0.278 e. The van der Waals surface area contributed by atoms with E-state index in [4.69, 9.17) is 0 Å². The van der Waals surface area contributed by atoms with Crippen molar-refractivity contribution in [1.82, 2.24) is 15.0 Å². The molecule has 0 saturated carbocycles. The molecule has 122 valence electrons. The number of aromatic nitrogens is 3. The normalized spacial score (nSPS) is 11.0. The lowest BCUT2D eigenvalue weighted by Crippen LogP contribution is -2.28. The van der Waals surface area contributed by atoms with E-state index in [0.717, 1.165) is 21.4 Å². The van der Waals surface area contributed by atoms with Gasteiger partial charge < -0.3 is 0 Å². The van der Waals surface area contributed by atoms with Crippen LogP contribution in [0.4, 0.5) is 0 Å². The van der Waals surface area contributed by atoms with E-state index in [1.807, 2.05) is 33.8 Å². The molecule has 5 nitrogen and oxygen atoms in total. The van der Waals surface area contributed by atoms with E-state index in [-0.39, 0.29) is 17.9 Å². The number of carbonyl (C=O) groups excluding carboxylic acids is 1. The third-order valence-corrected chi connectivity index (χ3v) is 4.70. The first-order chi connectivity index (χ1) is 11.4. The summed E-state index contributed by atoms with van der Waals surface area (Å²) in [6.45, 7) is 7.87. The van der Waals surface area contributed by atoms with Crippen LogP contribution >= 0.6 is 0 Å². The standard InChI is InChI=1S/C19H19N3O2/c1-11-9-16(14(4)13(3)12(11)2)18(23)10-22-19(24)15-7-5-6-8-17(15)20-21-22/h5-9H,10H2,1-4H3. The van der Waals surface area contributed by atoms with Gasteiger partial charge in [0.2, 0.25) is 0 Å². The van der Waals surface area contributed by atoms with Crippen molar-refractivity contribution in [3.8, 4) is 0 Å². The van der Waals surface area contributed by atoms with Gasteiger partial charge in [0.1, 0.15) is 12.1 Å². The van der Waals surface area contributed by atoms with E-state index in [1.54, 1.807) is 24.3 Å². The molecule has 0 spiro atoms. The van der Waals surface area contributed by atoms with E-state index >= 15 is 0 Å². The van der Waals surface area contributed by atoms with E-state index in [1.165, 1.54) is 5.56 Å². The van der Waals surface area contributed by atoms with E-state index in [2.05, 4.69) is 10.3 Å². The number of Topliss-reactive ketones (excluding diaryl/α,β-unsaturated/α-hetero) is 1. The van der Waals surface area contributed by atoms with Crippen LogP contribution in [-0.2, 0) is 6.54 Å². The lowest BCUT2D eigenvalue weighted by atomic mass is 9.92. The molecule has 0 fully saturated rings. The molecule has 0 amide bonds. The van der Waals surface area contributed by atoms with Gasteiger partial charge in [0.15, 0.2) is 5.78 Å². The van der Waals surface area contributed by atoms with Crippen LogP contribution in [0.2, 0.25) is 0 Å². The summed E-state index contributed by atoms with van der Waals surface area (Å²) >= 11 is 0. The molecule has 0 atom stereocenters. The van der Waals surface area contributed by atoms with Crippen molar-refractivity contribution in [2.45, 2.75) is 34.2 Å². The first-order valence-corrected chi connectivity index (χ1v) is 7.83. The van der Waals surface area contributed by atoms with Gasteiger partial charge in [-0.15, -0.1) is 5.10 Å². The number of hydrogen-bond acceptors (Lipinski definition) is 4. The summed E-state index contributed by atoms with van der Waals surface area (Å²) in [7, 11) is 0. The maximum absolute atomic E-state index is 12.7. The van der Waals surface area contributed by atoms with Gasteiger partial charge in [-0.05, 0) is 68.1 Å². The van der Waals surface area contributed by atoms with Crippen LogP contribution in [0.5, 0.6) is 0 Å². The zero-order chi connectivity index (χ0) is 17.4. The summed E-state index contributed by atoms with van der Waals surface area (Å²) in [5.74, 6) is -0.134. The Morgan fingerprint density at radius 2 is 1.75 bits per heavy atom. The van der Waals surface area contributed by atoms with Crippen molar-refractivity contribution >= 4 is 16.7 Å². The highest BCUT2D eigenvalue weighted by Crippen LogP contribution is 2.21. The topological polar surface area (TPSA) is 64.8 Å². The van der Waals surface area contributed by atoms with Gasteiger partial charge in [0.05, 0.1) is 5.39 Å². The molecule has 0 aliphatic rings. The average molecular weight is 321 g/mol. The maximum Gasteiger partial charge on any atom is 0.278 e. The lowest BCUT2D eigenvalue weighted by Gasteiger charge is -2.13. The van der Waals surface area contributed by atoms with Gasteiger partial charge in [-0.2, -0.15) is 0 Å². The SMILES string of the molecule is Cc1cc(C(=O)Cn2nnc3ccccc3c2=O)c(C)c(C)c1C. The van der Waals surface area contributed by atoms with Crippen LogP contribution < -0.4 is 5.56 Å². The number of benzene rings is 2. The summed E-state index contributed by atoms with van der Waals surface area (Å²) in [5.41, 5.74) is 5.18. The number of nitrogens with zero attached hydrogens (tertiary/aromatic N) is 3. The van der Waals surface area contributed by atoms with Gasteiger partial charge >= 0.3 is 0 Å². The van der Waals surface area contributed by atoms with Crippen molar-refractivity contribution in [2.24, 2.45) is 0 Å². The molecule has 24 heavy (non-hydrogen) atoms. The highest BCUT2D eigenvalue weighted by molar-refractivity contribution is 5.98. The fourth-order valence-corrected chi connectivity index (χ4v) is 2.85. The number of fused-ring (bicyclic) bond motifs is 1. The Balaban J connectivity index is 2.02. The van der Waals surface area contributed by atoms with Crippen molar-refractivity contribution in [3.63, 3.8) is 0 Å². The minimum atomic E-state index is -0.299. The number of aryl methyl sites for hydroxylation is 1. The summed E-state index contributed by atoms with van der Waals surface area (Å²) in [6, 6.07) is 8.88. The van der Waals surface area contributed by atoms with Crippen LogP contribution in [0.3, 0.4) is 0 Å². The van der Waals surface area contributed by atoms with Crippen molar-refractivity contribution in [3.05, 3.63) is 68.5 Å². The second kappa shape index (κ2) is 6.00. The number of ketones is 1. The fourth-order valence-electron chi connectivity index (χ4n) is 2.85. The Bertz CT molecular complexity index is 1020. The molecular weight excluding hydrogens is 302 g/mol. The molecule has 0 aliphatic carbocycles. The minimum absolute atomic E-state index is 0.112. The van der Waals surface area contributed by atoms with E-state index < -0.39 is 0 Å². The Kier molecular flexibility index (Phi) is 4.01. The zero-order valence-corrected chi connectivity index (χ0v) is 14.3. The highest BCUT2D eigenvalue weighted by Gasteiger charge is 2.16. The monoisotopic (exact) mass is 321 g/mol. The zero-order valence-electron chi connectivity index (χ0n) is 14.3. The molecule has 1 aromatic heterocycles. The van der Waals surface area contributed by atoms with Crippen LogP contribution in [0.1, 0.15) is 32.6 Å². The summed E-state index contributed by atoms with van der Waals surface area (Å²) in [6.07, 6.45) is 0. The maximum atomic E-state index is 12.7. The first-order valence-electron chi connectivity index (χ1n) is 7.83. The third-order valence-electron chi connectivity index (χ3n) is 4.70. The molecule has 5 heteroatoms. The second-order valence-corrected chi connectivity index (χ2v) is 6.11. The largest absolute Gasteiger partial charge is 0.292 e. The molecule has 0 unspecified atom stereocenters. The third kappa shape index (κ3) is 2.62. The Hall–Kier alpha value is -2.82. The van der Waals surface area contributed by atoms with E-state index in [0.29, 0.717) is 16.5 Å². The van der Waals surface area contributed by atoms with E-state index in [9.17, 15) is 9.59 Å². The van der Waals surface area contributed by atoms with Crippen molar-refractivity contribution in [2.75, 3.05) is 0 Å². The quantitative estimate of drug-likeness (QED) is 0.696. The molecule has 3 rings (SSSR count). The lowest BCUT2D eigenvalue weighted by molar-refractivity contribution is 0.0964. The Morgan fingerprint density at radius 3 is 2.50 bits per heavy atom. The fraction of sp³-hybridized carbons (Fsp3) is 0.263. The molecule has 0 bridgehead atoms. The molecule has 0 saturated heterocycles. The predicted molar refractivity (Wildman–Crippen MR) is 93.5 cm³/mol. The number of rotatable bonds is 3. The van der Waals surface area contributed by atoms with Crippen LogP contribution in [0.15, 0.2) is 35.1 Å². The molecule has 2 aromatic carbocycles. The van der Waals surface area contributed by atoms with Crippen molar-refractivity contribution in [1.29, 1.82) is 0 Å². The second-order valence-electron chi connectivity index (χ2n) is 6.11. The van der Waals surface area contributed by atoms with Gasteiger partial charge in [0, 0.05) is 5.56 Å². The Morgan fingerprint density at radius 1 is 1.04 bits per heavy atom. The van der Waals surface area contributed by atoms with Crippen LogP contribution in [0, 0.1) is 27.7 Å². The molecule has 1 heterocycles. The Labute approximate surface area is 139 Å². The molecule has 3 aromatic rings. The predicted octanol–water partition coefficient (Wildman–Crippen LogP) is 2.91. The number of hydrogen-bond donors (Lipinski definition) is 0. The average Bonchev–Trinajstić information content (AvgIpc) is 2.58. The molecule has 0 aliphatic heterocycles. The van der Waals surface area contributed by atoms with Gasteiger partial charge in [-0.3, -0.25) is 9.59 Å². The molecule has 0 radical (unpaired) electrons. The highest BCUT2D eigenvalue weighted by atomic mass is 16.1. The number of carbonyl (C=O) groups is 1. The van der Waals surface area contributed by atoms with Gasteiger partial charge in [-0.25, -0.2) is 4.68 Å². The molecular formula is C19H19N3O2. The summed E-state index contributed by atoms with van der Waals surface area (Å²) in [5, 5.41) is 8.38. The van der Waals surface area contributed by atoms with Crippen LogP contribution in [-0.4, -0.2) is 20.8 Å².